The minimum absolute atomic E-state index is 0.162. The van der Waals surface area contributed by atoms with Crippen LogP contribution in [0.15, 0.2) is 58.4 Å². The van der Waals surface area contributed by atoms with Gasteiger partial charge < -0.3 is 4.74 Å². The fraction of sp³-hybridized carbons (Fsp3) is 0.273. The molecule has 140 valence electrons. The molecule has 1 amide bonds. The highest BCUT2D eigenvalue weighted by Crippen LogP contribution is 2.32. The monoisotopic (exact) mass is 397 g/mol. The minimum Gasteiger partial charge on any atom is -0.489 e. The van der Waals surface area contributed by atoms with Gasteiger partial charge >= 0.3 is 0 Å². The molecule has 1 aliphatic heterocycles. The van der Waals surface area contributed by atoms with Gasteiger partial charge in [0, 0.05) is 0 Å². The van der Waals surface area contributed by atoms with Crippen LogP contribution in [0.4, 0.5) is 0 Å². The average Bonchev–Trinajstić information content (AvgIpc) is 3.07. The Kier molecular flexibility index (Phi) is 6.80. The third kappa shape index (κ3) is 5.27. The Labute approximate surface area is 169 Å². The van der Waals surface area contributed by atoms with Crippen molar-refractivity contribution in [2.45, 2.75) is 32.8 Å². The molecule has 0 aliphatic carbocycles. The largest absolute Gasteiger partial charge is 0.489 e. The third-order valence-corrected chi connectivity index (χ3v) is 6.49. The number of rotatable bonds is 6. The van der Waals surface area contributed by atoms with Crippen LogP contribution < -0.4 is 4.74 Å². The molecule has 5 heteroatoms. The molecule has 0 spiro atoms. The Bertz CT molecular complexity index is 855. The van der Waals surface area contributed by atoms with Crippen molar-refractivity contribution in [2.75, 3.05) is 6.26 Å². The van der Waals surface area contributed by atoms with E-state index in [2.05, 4.69) is 43.1 Å². The van der Waals surface area contributed by atoms with Gasteiger partial charge in [0.05, 0.1) is 4.91 Å². The number of benzene rings is 2. The summed E-state index contributed by atoms with van der Waals surface area (Å²) in [5.74, 6) is 1.24. The molecule has 1 heterocycles. The van der Waals surface area contributed by atoms with Crippen LogP contribution in [0.2, 0.25) is 0 Å². The maximum atomic E-state index is 11.8. The molecule has 1 unspecified atom stereocenters. The highest BCUT2D eigenvalue weighted by atomic mass is 32.2. The number of hydrogen-bond acceptors (Lipinski definition) is 4. The summed E-state index contributed by atoms with van der Waals surface area (Å²) in [5.41, 5.74) is 3.49. The zero-order valence-corrected chi connectivity index (χ0v) is 17.4. The summed E-state index contributed by atoms with van der Waals surface area (Å²) in [6.07, 6.45) is 4.94. The SMILES string of the molecule is CCC(C)c1ccc(COc2ccc(C=C3SC(SC)=NC3=O)cc2)cc1. The Morgan fingerprint density at radius 1 is 1.15 bits per heavy atom. The predicted octanol–water partition coefficient (Wildman–Crippen LogP) is 6.11. The Hall–Kier alpha value is -1.98. The van der Waals surface area contributed by atoms with Crippen molar-refractivity contribution in [2.24, 2.45) is 4.99 Å². The lowest BCUT2D eigenvalue weighted by molar-refractivity contribution is -0.113. The lowest BCUT2D eigenvalue weighted by Crippen LogP contribution is -1.97. The van der Waals surface area contributed by atoms with Crippen molar-refractivity contribution in [3.8, 4) is 5.75 Å². The summed E-state index contributed by atoms with van der Waals surface area (Å²) >= 11 is 2.92. The first-order valence-electron chi connectivity index (χ1n) is 8.97. The topological polar surface area (TPSA) is 38.7 Å². The standard InChI is InChI=1S/C22H23NO2S2/c1-4-15(2)18-9-5-17(6-10-18)14-25-19-11-7-16(8-12-19)13-20-21(24)23-22(26-3)27-20/h5-13,15H,4,14H2,1-3H3. The Morgan fingerprint density at radius 2 is 1.85 bits per heavy atom. The number of ether oxygens (including phenoxy) is 1. The predicted molar refractivity (Wildman–Crippen MR) is 117 cm³/mol. The molecule has 0 fully saturated rings. The van der Waals surface area contributed by atoms with Crippen molar-refractivity contribution in [1.82, 2.24) is 0 Å². The number of carbonyl (C=O) groups is 1. The molecule has 2 aromatic rings. The molecular weight excluding hydrogens is 374 g/mol. The van der Waals surface area contributed by atoms with Crippen LogP contribution in [0, 0.1) is 0 Å². The molecule has 0 saturated carbocycles. The Morgan fingerprint density at radius 3 is 2.44 bits per heavy atom. The summed E-state index contributed by atoms with van der Waals surface area (Å²) in [7, 11) is 0. The normalized spacial score (nSPS) is 16.5. The first-order chi connectivity index (χ1) is 13.1. The van der Waals surface area contributed by atoms with Gasteiger partial charge in [-0.15, -0.1) is 11.8 Å². The molecule has 1 atom stereocenters. The Balaban J connectivity index is 1.57. The van der Waals surface area contributed by atoms with E-state index in [-0.39, 0.29) is 5.91 Å². The number of carbonyl (C=O) groups excluding carboxylic acids is 1. The highest BCUT2D eigenvalue weighted by Gasteiger charge is 2.20. The molecule has 0 N–H and O–H groups in total. The van der Waals surface area contributed by atoms with E-state index >= 15 is 0 Å². The quantitative estimate of drug-likeness (QED) is 0.551. The highest BCUT2D eigenvalue weighted by molar-refractivity contribution is 8.40. The molecule has 3 rings (SSSR count). The molecule has 0 bridgehead atoms. The molecule has 1 aliphatic rings. The number of amides is 1. The maximum Gasteiger partial charge on any atom is 0.285 e. The van der Waals surface area contributed by atoms with Gasteiger partial charge in [-0.1, -0.05) is 62.0 Å². The summed E-state index contributed by atoms with van der Waals surface area (Å²) in [6.45, 7) is 4.99. The lowest BCUT2D eigenvalue weighted by atomic mass is 9.98. The zero-order valence-electron chi connectivity index (χ0n) is 15.8. The molecule has 3 nitrogen and oxygen atoms in total. The molecule has 0 saturated heterocycles. The number of hydrogen-bond donors (Lipinski definition) is 0. The van der Waals surface area contributed by atoms with Crippen LogP contribution in [0.5, 0.6) is 5.75 Å². The van der Waals surface area contributed by atoms with E-state index in [1.165, 1.54) is 29.1 Å². The molecule has 2 aromatic carbocycles. The summed E-state index contributed by atoms with van der Waals surface area (Å²) in [5, 5.41) is 0. The number of nitrogens with zero attached hydrogens (tertiary/aromatic N) is 1. The third-order valence-electron chi connectivity index (χ3n) is 4.52. The molecular formula is C22H23NO2S2. The summed E-state index contributed by atoms with van der Waals surface area (Å²) in [4.78, 5) is 16.5. The zero-order chi connectivity index (χ0) is 19.2. The second-order valence-corrected chi connectivity index (χ2v) is 8.49. The van der Waals surface area contributed by atoms with E-state index in [1.54, 1.807) is 0 Å². The molecule has 27 heavy (non-hydrogen) atoms. The van der Waals surface area contributed by atoms with Crippen molar-refractivity contribution in [1.29, 1.82) is 0 Å². The average molecular weight is 398 g/mol. The second-order valence-electron chi connectivity index (χ2n) is 6.41. The van der Waals surface area contributed by atoms with Gasteiger partial charge in [-0.3, -0.25) is 4.79 Å². The lowest BCUT2D eigenvalue weighted by Gasteiger charge is -2.10. The number of aliphatic imine (C=N–C) groups is 1. The first kappa shape index (κ1) is 19.8. The van der Waals surface area contributed by atoms with Gasteiger partial charge in [-0.05, 0) is 53.5 Å². The van der Waals surface area contributed by atoms with Gasteiger partial charge in [0.25, 0.3) is 5.91 Å². The van der Waals surface area contributed by atoms with Gasteiger partial charge in [0.1, 0.15) is 16.7 Å². The van der Waals surface area contributed by atoms with Gasteiger partial charge in [0.15, 0.2) is 0 Å². The smallest absolute Gasteiger partial charge is 0.285 e. The van der Waals surface area contributed by atoms with E-state index in [0.29, 0.717) is 17.4 Å². The first-order valence-corrected chi connectivity index (χ1v) is 11.0. The maximum absolute atomic E-state index is 11.8. The van der Waals surface area contributed by atoms with Gasteiger partial charge in [-0.2, -0.15) is 4.99 Å². The molecule has 0 radical (unpaired) electrons. The van der Waals surface area contributed by atoms with Gasteiger partial charge in [-0.25, -0.2) is 0 Å². The van der Waals surface area contributed by atoms with Crippen LogP contribution >= 0.6 is 23.5 Å². The van der Waals surface area contributed by atoms with Crippen molar-refractivity contribution in [3.63, 3.8) is 0 Å². The summed E-state index contributed by atoms with van der Waals surface area (Å²) < 4.78 is 6.68. The fourth-order valence-electron chi connectivity index (χ4n) is 2.63. The molecule has 0 aromatic heterocycles. The van der Waals surface area contributed by atoms with Crippen LogP contribution in [-0.4, -0.2) is 16.5 Å². The fourth-order valence-corrected chi connectivity index (χ4v) is 4.05. The van der Waals surface area contributed by atoms with Crippen molar-refractivity contribution in [3.05, 3.63) is 70.1 Å². The number of thioether (sulfide) groups is 2. The van der Waals surface area contributed by atoms with Crippen LogP contribution in [-0.2, 0) is 11.4 Å². The van der Waals surface area contributed by atoms with E-state index in [0.717, 1.165) is 27.7 Å². The van der Waals surface area contributed by atoms with E-state index in [4.69, 9.17) is 4.74 Å². The van der Waals surface area contributed by atoms with E-state index in [9.17, 15) is 4.79 Å². The second kappa shape index (κ2) is 9.29. The minimum atomic E-state index is -0.162. The van der Waals surface area contributed by atoms with Crippen molar-refractivity contribution >= 4 is 39.9 Å². The van der Waals surface area contributed by atoms with Crippen molar-refractivity contribution < 1.29 is 9.53 Å². The van der Waals surface area contributed by atoms with Crippen LogP contribution in [0.25, 0.3) is 6.08 Å². The van der Waals surface area contributed by atoms with Crippen LogP contribution in [0.3, 0.4) is 0 Å². The summed E-state index contributed by atoms with van der Waals surface area (Å²) in [6, 6.07) is 16.4. The van der Waals surface area contributed by atoms with E-state index < -0.39 is 0 Å². The van der Waals surface area contributed by atoms with E-state index in [1.807, 2.05) is 36.6 Å². The van der Waals surface area contributed by atoms with Gasteiger partial charge in [0.2, 0.25) is 0 Å². The van der Waals surface area contributed by atoms with Crippen LogP contribution in [0.1, 0.15) is 42.9 Å².